The van der Waals surface area contributed by atoms with E-state index in [1.807, 2.05) is 24.0 Å². The first-order valence-corrected chi connectivity index (χ1v) is 10.2. The number of rotatable bonds is 8. The first-order valence-electron chi connectivity index (χ1n) is 8.34. The maximum Gasteiger partial charge on any atom is 0.264 e. The van der Waals surface area contributed by atoms with Crippen LogP contribution in [0, 0.1) is 0 Å². The minimum absolute atomic E-state index is 0.0656. The van der Waals surface area contributed by atoms with Crippen molar-refractivity contribution in [3.63, 3.8) is 0 Å². The molecule has 0 aromatic heterocycles. The molecule has 0 saturated heterocycles. The van der Waals surface area contributed by atoms with Crippen molar-refractivity contribution in [2.24, 2.45) is 0 Å². The molecule has 0 aliphatic rings. The number of nitrogens with zero attached hydrogens (tertiary/aromatic N) is 1. The summed E-state index contributed by atoms with van der Waals surface area (Å²) in [6, 6.07) is 12.7. The van der Waals surface area contributed by atoms with E-state index in [0.717, 1.165) is 5.56 Å². The Hall–Kier alpha value is -2.22. The number of hydrogen-bond donors (Lipinski definition) is 1. The third-order valence-corrected chi connectivity index (χ3v) is 5.59. The van der Waals surface area contributed by atoms with Crippen LogP contribution in [0.2, 0.25) is 5.02 Å². The van der Waals surface area contributed by atoms with E-state index in [4.69, 9.17) is 11.6 Å². The topological polar surface area (TPSA) is 83.6 Å². The summed E-state index contributed by atoms with van der Waals surface area (Å²) < 4.78 is 26.7. The average molecular weight is 409 g/mol. The van der Waals surface area contributed by atoms with E-state index < -0.39 is 15.9 Å². The molecule has 1 N–H and O–H groups in total. The van der Waals surface area contributed by atoms with Crippen LogP contribution in [-0.2, 0) is 21.4 Å². The van der Waals surface area contributed by atoms with Crippen molar-refractivity contribution < 1.29 is 18.0 Å². The van der Waals surface area contributed by atoms with Crippen molar-refractivity contribution in [3.05, 3.63) is 64.7 Å². The molecule has 1 amide bonds. The Kier molecular flexibility index (Phi) is 7.12. The fourth-order valence-electron chi connectivity index (χ4n) is 2.44. The van der Waals surface area contributed by atoms with Gasteiger partial charge in [-0.1, -0.05) is 42.8 Å². The van der Waals surface area contributed by atoms with Gasteiger partial charge in [-0.15, -0.1) is 0 Å². The van der Waals surface area contributed by atoms with Gasteiger partial charge in [0.1, 0.15) is 0 Å². The number of amides is 1. The monoisotopic (exact) mass is 408 g/mol. The molecule has 2 aromatic rings. The second kappa shape index (κ2) is 9.12. The molecule has 0 unspecified atom stereocenters. The van der Waals surface area contributed by atoms with Gasteiger partial charge in [0.15, 0.2) is 5.78 Å². The molecule has 0 atom stereocenters. The van der Waals surface area contributed by atoms with E-state index in [-0.39, 0.29) is 17.2 Å². The van der Waals surface area contributed by atoms with Gasteiger partial charge in [-0.25, -0.2) is 13.1 Å². The quantitative estimate of drug-likeness (QED) is 0.679. The summed E-state index contributed by atoms with van der Waals surface area (Å²) >= 11 is 5.86. The van der Waals surface area contributed by atoms with E-state index in [0.29, 0.717) is 23.7 Å². The lowest BCUT2D eigenvalue weighted by Crippen LogP contribution is -2.39. The predicted octanol–water partition coefficient (Wildman–Crippen LogP) is 2.87. The fourth-order valence-corrected chi connectivity index (χ4v) is 3.54. The molecule has 0 aliphatic heterocycles. The number of sulfonamides is 1. The van der Waals surface area contributed by atoms with Gasteiger partial charge in [0.05, 0.1) is 11.4 Å². The summed E-state index contributed by atoms with van der Waals surface area (Å²) in [6.07, 6.45) is 0. The molecule has 2 rings (SSSR count). The molecular weight excluding hydrogens is 388 g/mol. The van der Waals surface area contributed by atoms with Crippen LogP contribution in [0.5, 0.6) is 0 Å². The second-order valence-electron chi connectivity index (χ2n) is 6.04. The molecule has 6 nitrogen and oxygen atoms in total. The number of Topliss-reactive ketones (excluding diaryl/α,β-unsaturated/α-hetero) is 1. The molecular formula is C19H21ClN2O4S. The lowest BCUT2D eigenvalue weighted by atomic mass is 10.2. The van der Waals surface area contributed by atoms with Crippen LogP contribution < -0.4 is 4.72 Å². The smallest absolute Gasteiger partial charge is 0.264 e. The van der Waals surface area contributed by atoms with Gasteiger partial charge in [-0.2, -0.15) is 0 Å². The van der Waals surface area contributed by atoms with Crippen LogP contribution >= 0.6 is 11.6 Å². The van der Waals surface area contributed by atoms with Crippen LogP contribution in [-0.4, -0.2) is 38.1 Å². The molecule has 2 aromatic carbocycles. The maximum absolute atomic E-state index is 12.3. The molecule has 0 bridgehead atoms. The molecule has 0 aliphatic carbocycles. The van der Waals surface area contributed by atoms with Crippen molar-refractivity contribution in [1.29, 1.82) is 0 Å². The Morgan fingerprint density at radius 2 is 1.63 bits per heavy atom. The zero-order valence-corrected chi connectivity index (χ0v) is 16.7. The molecule has 8 heteroatoms. The number of hydrogen-bond acceptors (Lipinski definition) is 5. The van der Waals surface area contributed by atoms with E-state index in [2.05, 4.69) is 4.72 Å². The summed E-state index contributed by atoms with van der Waals surface area (Å²) in [5.41, 5.74) is 1.37. The Labute approximate surface area is 164 Å². The largest absolute Gasteiger partial charge is 0.295 e. The van der Waals surface area contributed by atoms with Gasteiger partial charge in [0, 0.05) is 17.1 Å². The third-order valence-electron chi connectivity index (χ3n) is 3.95. The first kappa shape index (κ1) is 21.1. The molecule has 27 heavy (non-hydrogen) atoms. The van der Waals surface area contributed by atoms with E-state index in [1.165, 1.54) is 31.2 Å². The van der Waals surface area contributed by atoms with Crippen LogP contribution in [0.3, 0.4) is 0 Å². The molecule has 0 fully saturated rings. The molecule has 0 heterocycles. The summed E-state index contributed by atoms with van der Waals surface area (Å²) in [5.74, 6) is -0.787. The normalized spacial score (nSPS) is 11.4. The molecule has 0 radical (unpaired) electrons. The highest BCUT2D eigenvalue weighted by atomic mass is 35.5. The highest BCUT2D eigenvalue weighted by Gasteiger charge is 2.19. The standard InChI is InChI=1S/C19H21ClN2O4S/c1-3-22(12-15-4-8-17(20)9-5-15)13-19(24)21-27(25,26)18-10-6-16(7-11-18)14(2)23/h4-11H,3,12-13H2,1-2H3,(H,21,24). The van der Waals surface area contributed by atoms with Crippen LogP contribution in [0.25, 0.3) is 0 Å². The number of likely N-dealkylation sites (N-methyl/N-ethyl adjacent to an activating group) is 1. The highest BCUT2D eigenvalue weighted by Crippen LogP contribution is 2.13. The Morgan fingerprint density at radius 1 is 1.04 bits per heavy atom. The number of ketones is 1. The third kappa shape index (κ3) is 6.16. The number of nitrogens with one attached hydrogen (secondary N) is 1. The number of halogens is 1. The van der Waals surface area contributed by atoms with Crippen LogP contribution in [0.15, 0.2) is 53.4 Å². The zero-order valence-electron chi connectivity index (χ0n) is 15.1. The van der Waals surface area contributed by atoms with Gasteiger partial charge in [0.25, 0.3) is 10.0 Å². The molecule has 0 saturated carbocycles. The number of carbonyl (C=O) groups excluding carboxylic acids is 2. The van der Waals surface area contributed by atoms with Gasteiger partial charge in [0.2, 0.25) is 5.91 Å². The predicted molar refractivity (Wildman–Crippen MR) is 104 cm³/mol. The summed E-state index contributed by atoms with van der Waals surface area (Å²) in [7, 11) is -3.99. The van der Waals surface area contributed by atoms with Gasteiger partial charge >= 0.3 is 0 Å². The first-order chi connectivity index (χ1) is 12.7. The van der Waals surface area contributed by atoms with Crippen molar-refractivity contribution in [1.82, 2.24) is 9.62 Å². The fraction of sp³-hybridized carbons (Fsp3) is 0.263. The molecule has 144 valence electrons. The van der Waals surface area contributed by atoms with E-state index in [9.17, 15) is 18.0 Å². The van der Waals surface area contributed by atoms with Gasteiger partial charge in [-0.3, -0.25) is 14.5 Å². The average Bonchev–Trinajstić information content (AvgIpc) is 2.62. The maximum atomic E-state index is 12.3. The van der Waals surface area contributed by atoms with Gasteiger partial charge in [-0.05, 0) is 43.3 Å². The Bertz CT molecular complexity index is 910. The minimum atomic E-state index is -3.99. The Morgan fingerprint density at radius 3 is 2.15 bits per heavy atom. The second-order valence-corrected chi connectivity index (χ2v) is 8.16. The van der Waals surface area contributed by atoms with Crippen LogP contribution in [0.4, 0.5) is 0 Å². The van der Waals surface area contributed by atoms with Crippen molar-refractivity contribution in [3.8, 4) is 0 Å². The summed E-state index contributed by atoms with van der Waals surface area (Å²) in [5, 5.41) is 0.626. The Balaban J connectivity index is 2.01. The van der Waals surface area contributed by atoms with E-state index in [1.54, 1.807) is 12.1 Å². The molecule has 0 spiro atoms. The summed E-state index contributed by atoms with van der Waals surface area (Å²) in [6.45, 7) is 4.28. The van der Waals surface area contributed by atoms with Gasteiger partial charge < -0.3 is 0 Å². The zero-order chi connectivity index (χ0) is 20.0. The number of carbonyl (C=O) groups is 2. The lowest BCUT2D eigenvalue weighted by molar-refractivity contribution is -0.120. The highest BCUT2D eigenvalue weighted by molar-refractivity contribution is 7.90. The van der Waals surface area contributed by atoms with Crippen molar-refractivity contribution in [2.45, 2.75) is 25.3 Å². The lowest BCUT2D eigenvalue weighted by Gasteiger charge is -2.20. The SMILES string of the molecule is CCN(CC(=O)NS(=O)(=O)c1ccc(C(C)=O)cc1)Cc1ccc(Cl)cc1. The van der Waals surface area contributed by atoms with Crippen molar-refractivity contribution >= 4 is 33.3 Å². The van der Waals surface area contributed by atoms with E-state index >= 15 is 0 Å². The number of benzene rings is 2. The van der Waals surface area contributed by atoms with Crippen molar-refractivity contribution in [2.75, 3.05) is 13.1 Å². The summed E-state index contributed by atoms with van der Waals surface area (Å²) in [4.78, 5) is 25.2. The van der Waals surface area contributed by atoms with Crippen LogP contribution in [0.1, 0.15) is 29.8 Å². The minimum Gasteiger partial charge on any atom is -0.295 e.